The monoisotopic (exact) mass is 412 g/mol. The molecule has 5 nitrogen and oxygen atoms in total. The maximum Gasteiger partial charge on any atom is 0.541 e. The fourth-order valence-electron chi connectivity index (χ4n) is 2.59. The Morgan fingerprint density at radius 1 is 0.714 bits per heavy atom. The number of rotatable bonds is 13. The Balaban J connectivity index is 3.52. The summed E-state index contributed by atoms with van der Waals surface area (Å²) in [5, 5.41) is 0.848. The molecule has 0 saturated carbocycles. The average Bonchev–Trinajstić information content (AvgIpc) is 2.62. The number of hydrogen-bond acceptors (Lipinski definition) is 5. The highest BCUT2D eigenvalue weighted by molar-refractivity contribution is 6.76. The predicted molar refractivity (Wildman–Crippen MR) is 117 cm³/mol. The summed E-state index contributed by atoms with van der Waals surface area (Å²) in [7, 11) is -3.10. The van der Waals surface area contributed by atoms with Gasteiger partial charge in [0.25, 0.3) is 0 Å². The van der Waals surface area contributed by atoms with E-state index < -0.39 is 8.80 Å². The van der Waals surface area contributed by atoms with Crippen molar-refractivity contribution in [2.24, 2.45) is 0 Å². The predicted octanol–water partition coefficient (Wildman–Crippen LogP) is 5.08. The highest BCUT2D eigenvalue weighted by Crippen LogP contribution is 2.30. The molecule has 0 spiro atoms. The van der Waals surface area contributed by atoms with Crippen molar-refractivity contribution in [3.63, 3.8) is 0 Å². The Labute approximate surface area is 173 Å². The highest BCUT2D eigenvalue weighted by Gasteiger charge is 2.46. The van der Waals surface area contributed by atoms with Gasteiger partial charge in [-0.25, -0.2) is 0 Å². The molecule has 0 bridgehead atoms. The van der Waals surface area contributed by atoms with Crippen molar-refractivity contribution in [2.45, 2.75) is 86.4 Å². The van der Waals surface area contributed by atoms with E-state index in [1.165, 1.54) is 0 Å². The Bertz CT molecular complexity index is 584. The third-order valence-electron chi connectivity index (χ3n) is 4.77. The summed E-state index contributed by atoms with van der Waals surface area (Å²) in [6.45, 7) is 19.9. The molecule has 1 rings (SSSR count). The molecule has 1 aromatic carbocycles. The van der Waals surface area contributed by atoms with Gasteiger partial charge in [0.1, 0.15) is 22.7 Å². The molecule has 1 aromatic rings. The molecule has 162 valence electrons. The lowest BCUT2D eigenvalue weighted by Crippen LogP contribution is -2.57. The smallest absolute Gasteiger partial charge is 0.488 e. The minimum absolute atomic E-state index is 0.257. The molecule has 0 aliphatic heterocycles. The van der Waals surface area contributed by atoms with Crippen molar-refractivity contribution in [3.8, 4) is 11.5 Å². The van der Waals surface area contributed by atoms with Gasteiger partial charge in [-0.15, -0.1) is 0 Å². The van der Waals surface area contributed by atoms with Gasteiger partial charge >= 0.3 is 8.80 Å². The molecule has 0 saturated heterocycles. The number of benzene rings is 1. The fourth-order valence-corrected chi connectivity index (χ4v) is 5.16. The van der Waals surface area contributed by atoms with Gasteiger partial charge in [0.2, 0.25) is 0 Å². The van der Waals surface area contributed by atoms with Crippen molar-refractivity contribution in [1.29, 1.82) is 0 Å². The van der Waals surface area contributed by atoms with Crippen molar-refractivity contribution in [2.75, 3.05) is 19.8 Å². The van der Waals surface area contributed by atoms with E-state index >= 15 is 0 Å². The van der Waals surface area contributed by atoms with Crippen molar-refractivity contribution >= 4 is 14.0 Å². The Kier molecular flexibility index (Phi) is 9.47. The van der Waals surface area contributed by atoms with Crippen LogP contribution in [0.5, 0.6) is 11.5 Å². The minimum atomic E-state index is -3.10. The first-order chi connectivity index (χ1) is 13.1. The van der Waals surface area contributed by atoms with Gasteiger partial charge < -0.3 is 22.8 Å². The van der Waals surface area contributed by atoms with Gasteiger partial charge in [-0.05, 0) is 73.4 Å². The van der Waals surface area contributed by atoms with Crippen LogP contribution in [0.1, 0.15) is 75.2 Å². The summed E-state index contributed by atoms with van der Waals surface area (Å²) in [5.41, 5.74) is -0.592. The summed E-state index contributed by atoms with van der Waals surface area (Å²) >= 11 is 0. The summed E-state index contributed by atoms with van der Waals surface area (Å²) in [4.78, 5) is 0. The molecule has 6 heteroatoms. The molecule has 0 amide bonds. The molecular weight excluding hydrogens is 372 g/mol. The maximum absolute atomic E-state index is 6.43. The normalized spacial score (nSPS) is 12.9. The van der Waals surface area contributed by atoms with Gasteiger partial charge in [0, 0.05) is 25.9 Å². The zero-order valence-electron chi connectivity index (χ0n) is 19.3. The van der Waals surface area contributed by atoms with Crippen LogP contribution in [0, 0.1) is 0 Å². The van der Waals surface area contributed by atoms with Crippen LogP contribution in [0.25, 0.3) is 0 Å². The quantitative estimate of drug-likeness (QED) is 0.423. The van der Waals surface area contributed by atoms with Crippen LogP contribution in [-0.2, 0) is 13.3 Å². The lowest BCUT2D eigenvalue weighted by Gasteiger charge is -2.33. The Morgan fingerprint density at radius 2 is 1.18 bits per heavy atom. The minimum Gasteiger partial charge on any atom is -0.488 e. The first kappa shape index (κ1) is 25.0. The molecule has 0 atom stereocenters. The van der Waals surface area contributed by atoms with Gasteiger partial charge in [0.05, 0.1) is 5.19 Å². The topological polar surface area (TPSA) is 46.2 Å². The van der Waals surface area contributed by atoms with Crippen LogP contribution in [-0.4, -0.2) is 39.8 Å². The van der Waals surface area contributed by atoms with Crippen molar-refractivity contribution < 1.29 is 22.8 Å². The lowest BCUT2D eigenvalue weighted by molar-refractivity contribution is 0.0797. The number of ether oxygens (including phenoxy) is 2. The Hall–Kier alpha value is -1.08. The summed E-state index contributed by atoms with van der Waals surface area (Å²) in [6, 6.07) is 5.88. The van der Waals surface area contributed by atoms with Crippen LogP contribution in [0.2, 0.25) is 0 Å². The third-order valence-corrected chi connectivity index (χ3v) is 7.85. The van der Waals surface area contributed by atoms with E-state index in [0.29, 0.717) is 25.6 Å². The van der Waals surface area contributed by atoms with E-state index in [0.717, 1.165) is 23.8 Å². The highest BCUT2D eigenvalue weighted by atomic mass is 28.4. The molecule has 28 heavy (non-hydrogen) atoms. The van der Waals surface area contributed by atoms with Gasteiger partial charge in [-0.2, -0.15) is 0 Å². The summed E-state index contributed by atoms with van der Waals surface area (Å²) in [5.74, 6) is 1.48. The molecule has 0 fully saturated rings. The van der Waals surface area contributed by atoms with E-state index in [2.05, 4.69) is 41.5 Å². The van der Waals surface area contributed by atoms with Crippen LogP contribution in [0.15, 0.2) is 18.2 Å². The van der Waals surface area contributed by atoms with Gasteiger partial charge in [-0.3, -0.25) is 0 Å². The molecule has 0 unspecified atom stereocenters. The van der Waals surface area contributed by atoms with E-state index in [1.54, 1.807) is 0 Å². The summed E-state index contributed by atoms with van der Waals surface area (Å²) in [6.07, 6.45) is 1.77. The molecule has 0 aromatic heterocycles. The first-order valence-electron chi connectivity index (χ1n) is 10.5. The molecule has 0 heterocycles. The average molecular weight is 413 g/mol. The molecule has 0 aliphatic rings. The van der Waals surface area contributed by atoms with E-state index in [9.17, 15) is 0 Å². The third kappa shape index (κ3) is 6.76. The second kappa shape index (κ2) is 10.6. The first-order valence-corrected chi connectivity index (χ1v) is 12.3. The van der Waals surface area contributed by atoms with Crippen LogP contribution < -0.4 is 14.7 Å². The van der Waals surface area contributed by atoms with Gasteiger partial charge in [-0.1, -0.05) is 13.8 Å². The zero-order chi connectivity index (χ0) is 21.4. The largest absolute Gasteiger partial charge is 0.541 e. The van der Waals surface area contributed by atoms with Crippen LogP contribution in [0.3, 0.4) is 0 Å². The van der Waals surface area contributed by atoms with Gasteiger partial charge in [0.15, 0.2) is 0 Å². The second-order valence-corrected chi connectivity index (χ2v) is 10.5. The maximum atomic E-state index is 6.43. The standard InChI is InChI=1S/C22H40O5Si/c1-10-21(6,7)26-18-15-16-20(19(17-18)27-22(8,9)11-2)28(23-12-3,24-13-4)25-14-5/h15-17H,10-14H2,1-9H3. The lowest BCUT2D eigenvalue weighted by atomic mass is 10.1. The van der Waals surface area contributed by atoms with E-state index in [4.69, 9.17) is 22.8 Å². The van der Waals surface area contributed by atoms with Crippen LogP contribution >= 0.6 is 0 Å². The SMILES string of the molecule is CCO[Si](OCC)(OCC)c1ccc(OC(C)(C)CC)cc1OC(C)(C)CC. The second-order valence-electron chi connectivity index (χ2n) is 7.94. The molecule has 0 N–H and O–H groups in total. The number of hydrogen-bond donors (Lipinski definition) is 0. The van der Waals surface area contributed by atoms with Crippen molar-refractivity contribution in [3.05, 3.63) is 18.2 Å². The van der Waals surface area contributed by atoms with Crippen LogP contribution in [0.4, 0.5) is 0 Å². The molecular formula is C22H40O5Si. The summed E-state index contributed by atoms with van der Waals surface area (Å²) < 4.78 is 31.0. The fraction of sp³-hybridized carbons (Fsp3) is 0.727. The van der Waals surface area contributed by atoms with E-state index in [1.807, 2.05) is 39.0 Å². The van der Waals surface area contributed by atoms with Crippen molar-refractivity contribution in [1.82, 2.24) is 0 Å². The Morgan fingerprint density at radius 3 is 1.61 bits per heavy atom. The molecule has 0 aliphatic carbocycles. The molecule has 0 radical (unpaired) electrons. The zero-order valence-corrected chi connectivity index (χ0v) is 20.3. The van der Waals surface area contributed by atoms with E-state index in [-0.39, 0.29) is 11.2 Å².